The van der Waals surface area contributed by atoms with Crippen molar-refractivity contribution in [2.24, 2.45) is 0 Å². The van der Waals surface area contributed by atoms with Crippen LogP contribution in [0.1, 0.15) is 34.1 Å². The van der Waals surface area contributed by atoms with E-state index in [0.717, 1.165) is 0 Å². The molecule has 7 atom stereocenters. The third kappa shape index (κ3) is 14.0. The van der Waals surface area contributed by atoms with E-state index in [1.807, 2.05) is 0 Å². The highest BCUT2D eigenvalue weighted by Gasteiger charge is 2.30. The number of thiol groups is 1. The van der Waals surface area contributed by atoms with Gasteiger partial charge in [0.05, 0.1) is 19.8 Å². The number of carboxylic acids is 1. The van der Waals surface area contributed by atoms with E-state index < -0.39 is 109 Å². The third-order valence-corrected chi connectivity index (χ3v) is 6.01. The first-order chi connectivity index (χ1) is 20.5. The zero-order valence-electron chi connectivity index (χ0n) is 24.6. The fourth-order valence-electron chi connectivity index (χ4n) is 3.09. The Kier molecular flexibility index (Phi) is 18.2. The Morgan fingerprint density at radius 3 is 1.16 bits per heavy atom. The Morgan fingerprint density at radius 2 is 0.795 bits per heavy atom. The molecular weight excluding hydrogens is 610 g/mol. The van der Waals surface area contributed by atoms with Gasteiger partial charge in [0.15, 0.2) is 0 Å². The summed E-state index contributed by atoms with van der Waals surface area (Å²) >= 11 is 3.90. The summed E-state index contributed by atoms with van der Waals surface area (Å²) in [5.41, 5.74) is 0. The Hall–Kier alpha value is -4.01. The van der Waals surface area contributed by atoms with Gasteiger partial charge < -0.3 is 57.6 Å². The van der Waals surface area contributed by atoms with Gasteiger partial charge in [-0.25, -0.2) is 0 Å². The number of aliphatic carboxylic acids is 1. The summed E-state index contributed by atoms with van der Waals surface area (Å²) in [6, 6.07) is -9.72. The summed E-state index contributed by atoms with van der Waals surface area (Å²) in [7, 11) is 0. The largest absolute Gasteiger partial charge is 0.480 e. The second kappa shape index (κ2) is 20.0. The molecular formula is C24H41N7O12S. The minimum Gasteiger partial charge on any atom is -0.480 e. The molecule has 0 saturated carbocycles. The first-order valence-corrected chi connectivity index (χ1v) is 13.9. The Bertz CT molecular complexity index is 1060. The predicted molar refractivity (Wildman–Crippen MR) is 154 cm³/mol. The number of carbonyl (C=O) groups excluding carboxylic acids is 7. The van der Waals surface area contributed by atoms with E-state index in [1.54, 1.807) is 0 Å². The summed E-state index contributed by atoms with van der Waals surface area (Å²) in [6.07, 6.45) is 0.0406. The van der Waals surface area contributed by atoms with Crippen LogP contribution in [0.5, 0.6) is 0 Å². The standard InChI is InChI=1S/C24H41N7O12S/c1-10(25-17(35)5-6-44)19(37)30-16(9-34)23(41)31-15(8-33)21(39)27-11(2)18(36)26-12(3)20(38)29-14(7-32)22(40)28-13(4)24(42)43/h10-16,32-34,44H,5-9H2,1-4H3,(H,25,35)(H,26,36)(H,27,39)(H,28,40)(H,29,38)(H,30,37)(H,31,41)(H,42,43)/t10-,11-,12-,13-,14-,15-,16-/m0/s1. The Labute approximate surface area is 258 Å². The van der Waals surface area contributed by atoms with Crippen molar-refractivity contribution >= 4 is 59.9 Å². The monoisotopic (exact) mass is 651 g/mol. The molecule has 0 heterocycles. The van der Waals surface area contributed by atoms with Gasteiger partial charge >= 0.3 is 5.97 Å². The molecule has 0 saturated heterocycles. The highest BCUT2D eigenvalue weighted by Crippen LogP contribution is 1.96. The fourth-order valence-corrected chi connectivity index (χ4v) is 3.29. The molecule has 44 heavy (non-hydrogen) atoms. The number of nitrogens with one attached hydrogen (secondary N) is 7. The third-order valence-electron chi connectivity index (χ3n) is 5.79. The Morgan fingerprint density at radius 1 is 0.500 bits per heavy atom. The van der Waals surface area contributed by atoms with Crippen LogP contribution < -0.4 is 37.2 Å². The van der Waals surface area contributed by atoms with Crippen molar-refractivity contribution in [2.75, 3.05) is 25.6 Å². The van der Waals surface area contributed by atoms with Gasteiger partial charge in [-0.05, 0) is 33.4 Å². The van der Waals surface area contributed by atoms with Crippen molar-refractivity contribution in [3.63, 3.8) is 0 Å². The summed E-state index contributed by atoms with van der Waals surface area (Å²) in [6.45, 7) is 2.22. The molecule has 0 aliphatic heterocycles. The van der Waals surface area contributed by atoms with Crippen molar-refractivity contribution in [3.05, 3.63) is 0 Å². The number of aliphatic hydroxyl groups excluding tert-OH is 3. The minimum atomic E-state index is -1.63. The number of hydrogen-bond donors (Lipinski definition) is 12. The topological polar surface area (TPSA) is 302 Å². The van der Waals surface area contributed by atoms with Gasteiger partial charge in [0.25, 0.3) is 0 Å². The molecule has 0 rings (SSSR count). The quantitative estimate of drug-likeness (QED) is 0.0581. The van der Waals surface area contributed by atoms with Crippen LogP contribution in [0.4, 0.5) is 0 Å². The van der Waals surface area contributed by atoms with Crippen LogP contribution in [0.15, 0.2) is 0 Å². The van der Waals surface area contributed by atoms with Crippen molar-refractivity contribution < 1.29 is 58.8 Å². The van der Waals surface area contributed by atoms with Crippen LogP contribution in [-0.4, -0.2) is 136 Å². The van der Waals surface area contributed by atoms with E-state index in [9.17, 15) is 53.7 Å². The van der Waals surface area contributed by atoms with Gasteiger partial charge in [0.1, 0.15) is 42.3 Å². The van der Waals surface area contributed by atoms with Crippen molar-refractivity contribution in [3.8, 4) is 0 Å². The first kappa shape index (κ1) is 40.0. The molecule has 11 N–H and O–H groups in total. The maximum atomic E-state index is 12.6. The van der Waals surface area contributed by atoms with Gasteiger partial charge in [-0.3, -0.25) is 38.4 Å². The predicted octanol–water partition coefficient (Wildman–Crippen LogP) is -6.16. The maximum Gasteiger partial charge on any atom is 0.325 e. The lowest BCUT2D eigenvalue weighted by Gasteiger charge is -2.24. The minimum absolute atomic E-state index is 0.0406. The van der Waals surface area contributed by atoms with E-state index in [2.05, 4.69) is 49.8 Å². The second-order valence-electron chi connectivity index (χ2n) is 9.52. The molecule has 0 fully saturated rings. The zero-order chi connectivity index (χ0) is 34.1. The molecule has 0 unspecified atom stereocenters. The highest BCUT2D eigenvalue weighted by molar-refractivity contribution is 7.80. The number of hydrogen-bond acceptors (Lipinski definition) is 12. The molecule has 19 nitrogen and oxygen atoms in total. The average Bonchev–Trinajstić information content (AvgIpc) is 2.96. The molecule has 250 valence electrons. The van der Waals surface area contributed by atoms with E-state index in [-0.39, 0.29) is 12.2 Å². The summed E-state index contributed by atoms with van der Waals surface area (Å²) < 4.78 is 0. The molecule has 0 aromatic heterocycles. The van der Waals surface area contributed by atoms with Gasteiger partial charge in [-0.15, -0.1) is 0 Å². The smallest absolute Gasteiger partial charge is 0.325 e. The number of aliphatic hydroxyl groups is 3. The zero-order valence-corrected chi connectivity index (χ0v) is 25.5. The summed E-state index contributed by atoms with van der Waals surface area (Å²) in [5.74, 6) is -7.32. The van der Waals surface area contributed by atoms with Crippen molar-refractivity contribution in [1.29, 1.82) is 0 Å². The van der Waals surface area contributed by atoms with Crippen LogP contribution >= 0.6 is 12.6 Å². The fraction of sp³-hybridized carbons (Fsp3) is 0.667. The number of carboxylic acid groups (broad SMARTS) is 1. The van der Waals surface area contributed by atoms with Gasteiger partial charge in [0, 0.05) is 6.42 Å². The van der Waals surface area contributed by atoms with Gasteiger partial charge in [0.2, 0.25) is 41.4 Å². The SMILES string of the molecule is C[C@H](NC(=O)[C@H](CO)NC(=O)[C@H](C)NC(=O)[C@H](C)NC(=O)[C@H](CO)NC(=O)[C@H](CO)NC(=O)[C@H](C)NC(=O)CCS)C(=O)O. The maximum absolute atomic E-state index is 12.6. The molecule has 20 heteroatoms. The lowest BCUT2D eigenvalue weighted by molar-refractivity contribution is -0.142. The van der Waals surface area contributed by atoms with Gasteiger partial charge in [-0.2, -0.15) is 12.6 Å². The lowest BCUT2D eigenvalue weighted by atomic mass is 10.2. The van der Waals surface area contributed by atoms with Crippen LogP contribution in [-0.2, 0) is 38.4 Å². The number of carbonyl (C=O) groups is 8. The lowest BCUT2D eigenvalue weighted by Crippen LogP contribution is -2.60. The average molecular weight is 652 g/mol. The van der Waals surface area contributed by atoms with Crippen LogP contribution in [0.3, 0.4) is 0 Å². The van der Waals surface area contributed by atoms with E-state index >= 15 is 0 Å². The summed E-state index contributed by atoms with van der Waals surface area (Å²) in [4.78, 5) is 97.0. The van der Waals surface area contributed by atoms with Crippen LogP contribution in [0.2, 0.25) is 0 Å². The molecule has 0 bridgehead atoms. The summed E-state index contributed by atoms with van der Waals surface area (Å²) in [5, 5.41) is 52.8. The van der Waals surface area contributed by atoms with Crippen LogP contribution in [0.25, 0.3) is 0 Å². The second-order valence-corrected chi connectivity index (χ2v) is 9.97. The number of rotatable bonds is 19. The number of amides is 7. The van der Waals surface area contributed by atoms with Crippen LogP contribution in [0, 0.1) is 0 Å². The molecule has 0 aliphatic rings. The van der Waals surface area contributed by atoms with E-state index in [4.69, 9.17) is 5.11 Å². The molecule has 0 aromatic rings. The molecule has 0 aliphatic carbocycles. The Balaban J connectivity index is 5.07. The van der Waals surface area contributed by atoms with Gasteiger partial charge in [-0.1, -0.05) is 0 Å². The van der Waals surface area contributed by atoms with E-state index in [0.29, 0.717) is 0 Å². The molecule has 0 aromatic carbocycles. The highest BCUT2D eigenvalue weighted by atomic mass is 32.1. The normalized spacial score (nSPS) is 15.5. The van der Waals surface area contributed by atoms with E-state index in [1.165, 1.54) is 27.7 Å². The first-order valence-electron chi connectivity index (χ1n) is 13.3. The van der Waals surface area contributed by atoms with Crippen molar-refractivity contribution in [2.45, 2.75) is 76.4 Å². The molecule has 0 spiro atoms. The molecule has 0 radical (unpaired) electrons. The molecule has 7 amide bonds. The van der Waals surface area contributed by atoms with Crippen molar-refractivity contribution in [1.82, 2.24) is 37.2 Å².